The Bertz CT molecular complexity index is 322. The molecule has 0 saturated heterocycles. The molecular weight excluding hydrogens is 217 g/mol. The number of halogens is 1. The van der Waals surface area contributed by atoms with E-state index in [1.165, 1.54) is 0 Å². The van der Waals surface area contributed by atoms with Crippen LogP contribution in [0, 0.1) is 0 Å². The summed E-state index contributed by atoms with van der Waals surface area (Å²) < 4.78 is 19.4. The Morgan fingerprint density at radius 2 is 1.82 bits per heavy atom. The van der Waals surface area contributed by atoms with E-state index in [0.29, 0.717) is 11.6 Å². The summed E-state index contributed by atoms with van der Waals surface area (Å²) in [5, 5.41) is 0. The van der Waals surface area contributed by atoms with Crippen LogP contribution in [0.5, 0.6) is 0 Å². The Labute approximate surface area is 102 Å². The zero-order valence-electron chi connectivity index (χ0n) is 10.0. The quantitative estimate of drug-likeness (QED) is 0.873. The molecule has 2 nitrogen and oxygen atoms in total. The van der Waals surface area contributed by atoms with Crippen molar-refractivity contribution in [3.63, 3.8) is 0 Å². The van der Waals surface area contributed by atoms with E-state index in [0.717, 1.165) is 25.7 Å². The molecule has 1 aromatic rings. The third kappa shape index (κ3) is 3.79. The van der Waals surface area contributed by atoms with Gasteiger partial charge in [0.05, 0.1) is 12.7 Å². The molecule has 0 amide bonds. The summed E-state index contributed by atoms with van der Waals surface area (Å²) in [7, 11) is 0. The maximum absolute atomic E-state index is 13.8. The Kier molecular flexibility index (Phi) is 4.51. The summed E-state index contributed by atoms with van der Waals surface area (Å²) in [5.74, 6) is 0. The van der Waals surface area contributed by atoms with Crippen LogP contribution in [0.3, 0.4) is 0 Å². The first-order chi connectivity index (χ1) is 8.25. The molecule has 0 aromatic heterocycles. The lowest BCUT2D eigenvalue weighted by Gasteiger charge is -2.26. The molecule has 2 rings (SSSR count). The third-order valence-electron chi connectivity index (χ3n) is 3.36. The smallest absolute Gasteiger partial charge is 0.148 e. The van der Waals surface area contributed by atoms with Crippen LogP contribution >= 0.6 is 0 Å². The average Bonchev–Trinajstić information content (AvgIpc) is 2.39. The number of rotatable bonds is 4. The second kappa shape index (κ2) is 6.12. The fourth-order valence-corrected chi connectivity index (χ4v) is 2.23. The molecule has 94 valence electrons. The van der Waals surface area contributed by atoms with Crippen molar-refractivity contribution in [2.24, 2.45) is 5.73 Å². The third-order valence-corrected chi connectivity index (χ3v) is 3.36. The molecule has 1 saturated carbocycles. The first-order valence-electron chi connectivity index (χ1n) is 6.32. The van der Waals surface area contributed by atoms with Crippen LogP contribution < -0.4 is 5.73 Å². The SMILES string of the molecule is NC1CCC(OCC(F)c2ccccc2)CC1. The Balaban J connectivity index is 1.75. The van der Waals surface area contributed by atoms with E-state index in [9.17, 15) is 4.39 Å². The molecule has 17 heavy (non-hydrogen) atoms. The van der Waals surface area contributed by atoms with Gasteiger partial charge in [-0.3, -0.25) is 0 Å². The predicted octanol–water partition coefficient (Wildman–Crippen LogP) is 2.98. The molecule has 0 radical (unpaired) electrons. The van der Waals surface area contributed by atoms with Crippen molar-refractivity contribution in [1.82, 2.24) is 0 Å². The van der Waals surface area contributed by atoms with E-state index in [4.69, 9.17) is 10.5 Å². The first-order valence-corrected chi connectivity index (χ1v) is 6.32. The molecular formula is C14H20FNO. The van der Waals surface area contributed by atoms with Crippen LogP contribution in [0.25, 0.3) is 0 Å². The minimum atomic E-state index is -1.02. The van der Waals surface area contributed by atoms with Crippen molar-refractivity contribution in [3.8, 4) is 0 Å². The molecule has 1 fully saturated rings. The van der Waals surface area contributed by atoms with Crippen LogP contribution in [0.4, 0.5) is 4.39 Å². The molecule has 2 N–H and O–H groups in total. The van der Waals surface area contributed by atoms with Gasteiger partial charge < -0.3 is 10.5 Å². The van der Waals surface area contributed by atoms with Gasteiger partial charge in [-0.2, -0.15) is 0 Å². The van der Waals surface area contributed by atoms with Crippen LogP contribution in [-0.2, 0) is 4.74 Å². The second-order valence-electron chi connectivity index (χ2n) is 4.75. The van der Waals surface area contributed by atoms with Crippen LogP contribution in [-0.4, -0.2) is 18.8 Å². The van der Waals surface area contributed by atoms with E-state index >= 15 is 0 Å². The van der Waals surface area contributed by atoms with Crippen molar-refractivity contribution < 1.29 is 9.13 Å². The minimum absolute atomic E-state index is 0.157. The molecule has 1 aromatic carbocycles. The van der Waals surface area contributed by atoms with Gasteiger partial charge in [-0.25, -0.2) is 4.39 Å². The van der Waals surface area contributed by atoms with Crippen molar-refractivity contribution in [2.75, 3.05) is 6.61 Å². The van der Waals surface area contributed by atoms with Gasteiger partial charge in [0.15, 0.2) is 0 Å². The Morgan fingerprint density at radius 3 is 2.47 bits per heavy atom. The van der Waals surface area contributed by atoms with Gasteiger partial charge in [0.25, 0.3) is 0 Å². The Morgan fingerprint density at radius 1 is 1.18 bits per heavy atom. The van der Waals surface area contributed by atoms with E-state index in [-0.39, 0.29) is 12.7 Å². The lowest BCUT2D eigenvalue weighted by molar-refractivity contribution is -0.00338. The molecule has 1 atom stereocenters. The fourth-order valence-electron chi connectivity index (χ4n) is 2.23. The highest BCUT2D eigenvalue weighted by Crippen LogP contribution is 2.23. The van der Waals surface area contributed by atoms with Gasteiger partial charge in [0.1, 0.15) is 6.17 Å². The summed E-state index contributed by atoms with van der Waals surface area (Å²) in [5.41, 5.74) is 6.51. The largest absolute Gasteiger partial charge is 0.375 e. The topological polar surface area (TPSA) is 35.2 Å². The van der Waals surface area contributed by atoms with Gasteiger partial charge >= 0.3 is 0 Å². The van der Waals surface area contributed by atoms with Crippen molar-refractivity contribution in [3.05, 3.63) is 35.9 Å². The van der Waals surface area contributed by atoms with E-state index in [1.807, 2.05) is 18.2 Å². The van der Waals surface area contributed by atoms with Crippen LogP contribution in [0.2, 0.25) is 0 Å². The van der Waals surface area contributed by atoms with Crippen molar-refractivity contribution in [2.45, 2.75) is 44.0 Å². The molecule has 0 heterocycles. The fraction of sp³-hybridized carbons (Fsp3) is 0.571. The average molecular weight is 237 g/mol. The highest BCUT2D eigenvalue weighted by Gasteiger charge is 2.20. The highest BCUT2D eigenvalue weighted by atomic mass is 19.1. The van der Waals surface area contributed by atoms with Gasteiger partial charge in [0, 0.05) is 6.04 Å². The van der Waals surface area contributed by atoms with Crippen molar-refractivity contribution in [1.29, 1.82) is 0 Å². The standard InChI is InChI=1S/C14H20FNO/c15-14(11-4-2-1-3-5-11)10-17-13-8-6-12(16)7-9-13/h1-5,12-14H,6-10,16H2. The molecule has 0 aliphatic heterocycles. The number of ether oxygens (including phenoxy) is 1. The van der Waals surface area contributed by atoms with E-state index in [1.54, 1.807) is 12.1 Å². The molecule has 3 heteroatoms. The van der Waals surface area contributed by atoms with Gasteiger partial charge in [-0.15, -0.1) is 0 Å². The molecule has 1 unspecified atom stereocenters. The van der Waals surface area contributed by atoms with Gasteiger partial charge in [-0.1, -0.05) is 30.3 Å². The molecule has 0 spiro atoms. The lowest BCUT2D eigenvalue weighted by Crippen LogP contribution is -2.30. The Hall–Kier alpha value is -0.930. The van der Waals surface area contributed by atoms with E-state index in [2.05, 4.69) is 0 Å². The summed E-state index contributed by atoms with van der Waals surface area (Å²) in [6, 6.07) is 9.49. The van der Waals surface area contributed by atoms with Crippen molar-refractivity contribution >= 4 is 0 Å². The molecule has 1 aliphatic rings. The zero-order chi connectivity index (χ0) is 12.1. The summed E-state index contributed by atoms with van der Waals surface area (Å²) in [6.45, 7) is 0.157. The number of nitrogens with two attached hydrogens (primary N) is 1. The van der Waals surface area contributed by atoms with Crippen LogP contribution in [0.15, 0.2) is 30.3 Å². The number of hydrogen-bond donors (Lipinski definition) is 1. The highest BCUT2D eigenvalue weighted by molar-refractivity contribution is 5.17. The monoisotopic (exact) mass is 237 g/mol. The lowest BCUT2D eigenvalue weighted by atomic mass is 9.94. The summed E-state index contributed by atoms with van der Waals surface area (Å²) in [4.78, 5) is 0. The zero-order valence-corrected chi connectivity index (χ0v) is 10.0. The first kappa shape index (κ1) is 12.5. The van der Waals surface area contributed by atoms with Gasteiger partial charge in [-0.05, 0) is 31.2 Å². The number of benzene rings is 1. The molecule has 0 bridgehead atoms. The second-order valence-corrected chi connectivity index (χ2v) is 4.75. The van der Waals surface area contributed by atoms with Gasteiger partial charge in [0.2, 0.25) is 0 Å². The summed E-state index contributed by atoms with van der Waals surface area (Å²) in [6.07, 6.45) is 3.08. The normalized spacial score (nSPS) is 26.7. The maximum Gasteiger partial charge on any atom is 0.148 e. The number of hydrogen-bond acceptors (Lipinski definition) is 2. The predicted molar refractivity (Wildman–Crippen MR) is 66.5 cm³/mol. The number of alkyl halides is 1. The summed E-state index contributed by atoms with van der Waals surface area (Å²) >= 11 is 0. The minimum Gasteiger partial charge on any atom is -0.375 e. The van der Waals surface area contributed by atoms with Crippen LogP contribution in [0.1, 0.15) is 37.4 Å². The maximum atomic E-state index is 13.8. The molecule has 1 aliphatic carbocycles. The van der Waals surface area contributed by atoms with E-state index < -0.39 is 6.17 Å².